The monoisotopic (exact) mass is 527 g/mol. The molecule has 3 aromatic rings. The van der Waals surface area contributed by atoms with Crippen LogP contribution in [0.3, 0.4) is 0 Å². The summed E-state index contributed by atoms with van der Waals surface area (Å²) in [5.74, 6) is -2.83. The zero-order valence-electron chi connectivity index (χ0n) is 19.5. The summed E-state index contributed by atoms with van der Waals surface area (Å²) in [5.41, 5.74) is 1.28. The molecule has 1 aromatic carbocycles. The van der Waals surface area contributed by atoms with Crippen molar-refractivity contribution in [2.75, 3.05) is 11.4 Å². The van der Waals surface area contributed by atoms with Crippen LogP contribution < -0.4 is 4.90 Å². The van der Waals surface area contributed by atoms with Gasteiger partial charge in [-0.05, 0) is 30.5 Å². The van der Waals surface area contributed by atoms with Crippen molar-refractivity contribution in [2.45, 2.75) is 51.1 Å². The van der Waals surface area contributed by atoms with E-state index < -0.39 is 30.1 Å². The molecule has 1 amide bonds. The zero-order valence-corrected chi connectivity index (χ0v) is 19.5. The first kappa shape index (κ1) is 27.8. The third-order valence-electron chi connectivity index (χ3n) is 5.26. The molecule has 0 saturated heterocycles. The number of rotatable bonds is 12. The molecule has 7 nitrogen and oxygen atoms in total. The summed E-state index contributed by atoms with van der Waals surface area (Å²) >= 11 is 0. The van der Waals surface area contributed by atoms with Crippen molar-refractivity contribution >= 4 is 11.6 Å². The van der Waals surface area contributed by atoms with Crippen LogP contribution in [0, 0.1) is 0 Å². The van der Waals surface area contributed by atoms with Crippen molar-refractivity contribution in [2.24, 2.45) is 0 Å². The Hall–Kier alpha value is -3.77. The Balaban J connectivity index is 1.68. The minimum absolute atomic E-state index is 0.123. The first-order valence-electron chi connectivity index (χ1n) is 11.3. The number of hydrogen-bond acceptors (Lipinski definition) is 6. The minimum atomic E-state index is -4.67. The van der Waals surface area contributed by atoms with E-state index in [-0.39, 0.29) is 31.1 Å². The predicted molar refractivity (Wildman–Crippen MR) is 121 cm³/mol. The topological polar surface area (TPSA) is 85.0 Å². The van der Waals surface area contributed by atoms with Gasteiger partial charge >= 0.3 is 12.6 Å². The summed E-state index contributed by atoms with van der Waals surface area (Å²) in [6.45, 7) is 3.43. The van der Waals surface area contributed by atoms with E-state index in [1.54, 1.807) is 24.3 Å². The van der Waals surface area contributed by atoms with Crippen LogP contribution in [0.2, 0.25) is 0 Å². The lowest BCUT2D eigenvalue weighted by atomic mass is 10.1. The highest BCUT2D eigenvalue weighted by atomic mass is 19.4. The number of allylic oxidation sites excluding steroid dienone is 1. The van der Waals surface area contributed by atoms with E-state index in [0.717, 1.165) is 12.4 Å². The van der Waals surface area contributed by atoms with Crippen molar-refractivity contribution in [3.63, 3.8) is 0 Å². The number of alkyl halides is 5. The number of benzene rings is 1. The van der Waals surface area contributed by atoms with Gasteiger partial charge in [0.1, 0.15) is 0 Å². The SMILES string of the molecule is C=C(F)CCC(=O)N(CCCCCc1noc(C(F)F)n1)c1cccc(-c2cnc(C(F)(F)F)nc2)c1. The van der Waals surface area contributed by atoms with Crippen molar-refractivity contribution in [3.8, 4) is 11.1 Å². The lowest BCUT2D eigenvalue weighted by molar-refractivity contribution is -0.145. The Morgan fingerprint density at radius 2 is 1.78 bits per heavy atom. The molecule has 0 fully saturated rings. The fourth-order valence-electron chi connectivity index (χ4n) is 3.44. The van der Waals surface area contributed by atoms with Crippen molar-refractivity contribution in [1.82, 2.24) is 20.1 Å². The van der Waals surface area contributed by atoms with Gasteiger partial charge in [-0.3, -0.25) is 4.79 Å². The molecule has 0 spiro atoms. The highest BCUT2D eigenvalue weighted by Gasteiger charge is 2.34. The van der Waals surface area contributed by atoms with E-state index >= 15 is 0 Å². The number of carbonyl (C=O) groups is 1. The van der Waals surface area contributed by atoms with Gasteiger partial charge in [-0.15, -0.1) is 0 Å². The van der Waals surface area contributed by atoms with Crippen LogP contribution in [0.4, 0.5) is 32.0 Å². The maximum atomic E-state index is 13.2. The summed E-state index contributed by atoms with van der Waals surface area (Å²) in [7, 11) is 0. The second kappa shape index (κ2) is 12.5. The van der Waals surface area contributed by atoms with Crippen LogP contribution in [0.5, 0.6) is 0 Å². The van der Waals surface area contributed by atoms with Gasteiger partial charge in [0.05, 0.1) is 5.83 Å². The average Bonchev–Trinajstić information content (AvgIpc) is 3.34. The number of carbonyl (C=O) groups excluding carboxylic acids is 1. The van der Waals surface area contributed by atoms with Gasteiger partial charge in [0.15, 0.2) is 5.82 Å². The van der Waals surface area contributed by atoms with E-state index in [1.807, 2.05) is 0 Å². The number of anilines is 1. The van der Waals surface area contributed by atoms with E-state index in [0.29, 0.717) is 42.5 Å². The van der Waals surface area contributed by atoms with Crippen LogP contribution in [0.15, 0.2) is 53.6 Å². The fraction of sp³-hybridized carbons (Fsp3) is 0.375. The number of hydrogen-bond donors (Lipinski definition) is 0. The number of aryl methyl sites for hydroxylation is 1. The second-order valence-electron chi connectivity index (χ2n) is 8.07. The summed E-state index contributed by atoms with van der Waals surface area (Å²) in [4.78, 5) is 24.7. The number of nitrogens with zero attached hydrogens (tertiary/aromatic N) is 5. The average molecular weight is 527 g/mol. The largest absolute Gasteiger partial charge is 0.451 e. The number of halogens is 6. The number of unbranched alkanes of at least 4 members (excludes halogenated alkanes) is 2. The van der Waals surface area contributed by atoms with Gasteiger partial charge in [0.2, 0.25) is 11.7 Å². The van der Waals surface area contributed by atoms with Crippen LogP contribution in [0.25, 0.3) is 11.1 Å². The molecule has 2 aromatic heterocycles. The van der Waals surface area contributed by atoms with E-state index in [1.165, 1.54) is 4.90 Å². The van der Waals surface area contributed by atoms with Gasteiger partial charge in [-0.25, -0.2) is 14.4 Å². The molecule has 37 heavy (non-hydrogen) atoms. The van der Waals surface area contributed by atoms with Crippen molar-refractivity contribution in [1.29, 1.82) is 0 Å². The highest BCUT2D eigenvalue weighted by Crippen LogP contribution is 2.29. The van der Waals surface area contributed by atoms with E-state index in [4.69, 9.17) is 0 Å². The molecule has 0 N–H and O–H groups in total. The molecule has 3 rings (SSSR count). The fourth-order valence-corrected chi connectivity index (χ4v) is 3.44. The van der Waals surface area contributed by atoms with Gasteiger partial charge in [0.25, 0.3) is 5.89 Å². The second-order valence-corrected chi connectivity index (χ2v) is 8.07. The molecule has 0 unspecified atom stereocenters. The van der Waals surface area contributed by atoms with E-state index in [9.17, 15) is 31.1 Å². The maximum absolute atomic E-state index is 13.2. The van der Waals surface area contributed by atoms with Crippen LogP contribution in [0.1, 0.15) is 56.1 Å². The molecule has 0 saturated carbocycles. The first-order valence-corrected chi connectivity index (χ1v) is 11.3. The van der Waals surface area contributed by atoms with Crippen molar-refractivity contribution in [3.05, 3.63) is 66.6 Å². The van der Waals surface area contributed by atoms with Gasteiger partial charge in [0, 0.05) is 49.5 Å². The summed E-state index contributed by atoms with van der Waals surface area (Å²) < 4.78 is 81.0. The molecule has 0 aliphatic rings. The van der Waals surface area contributed by atoms with Crippen LogP contribution in [-0.4, -0.2) is 32.6 Å². The third kappa shape index (κ3) is 8.12. The molecule has 2 heterocycles. The van der Waals surface area contributed by atoms with Crippen LogP contribution >= 0.6 is 0 Å². The first-order chi connectivity index (χ1) is 17.5. The molecule has 13 heteroatoms. The summed E-state index contributed by atoms with van der Waals surface area (Å²) in [6, 6.07) is 6.54. The molecule has 0 atom stereocenters. The van der Waals surface area contributed by atoms with E-state index in [2.05, 4.69) is 31.2 Å². The number of amides is 1. The van der Waals surface area contributed by atoms with Gasteiger partial charge in [-0.2, -0.15) is 26.9 Å². The lowest BCUT2D eigenvalue weighted by Crippen LogP contribution is -2.31. The lowest BCUT2D eigenvalue weighted by Gasteiger charge is -2.23. The molecule has 0 aliphatic heterocycles. The highest BCUT2D eigenvalue weighted by molar-refractivity contribution is 5.94. The van der Waals surface area contributed by atoms with Gasteiger partial charge < -0.3 is 9.42 Å². The Morgan fingerprint density at radius 3 is 2.41 bits per heavy atom. The Labute approximate surface area is 208 Å². The molecular weight excluding hydrogens is 504 g/mol. The molecule has 0 aliphatic carbocycles. The predicted octanol–water partition coefficient (Wildman–Crippen LogP) is 6.49. The molecular formula is C24H23F6N5O2. The molecule has 0 radical (unpaired) electrons. The van der Waals surface area contributed by atoms with Gasteiger partial charge in [-0.1, -0.05) is 30.3 Å². The van der Waals surface area contributed by atoms with Crippen LogP contribution in [-0.2, 0) is 17.4 Å². The Kier molecular flexibility index (Phi) is 9.36. The number of aromatic nitrogens is 4. The maximum Gasteiger partial charge on any atom is 0.451 e. The molecule has 198 valence electrons. The molecule has 0 bridgehead atoms. The third-order valence-corrected chi connectivity index (χ3v) is 5.26. The summed E-state index contributed by atoms with van der Waals surface area (Å²) in [5, 5.41) is 3.50. The normalized spacial score (nSPS) is 11.6. The Bertz CT molecular complexity index is 1200. The smallest absolute Gasteiger partial charge is 0.333 e. The minimum Gasteiger partial charge on any atom is -0.333 e. The Morgan fingerprint density at radius 1 is 1.05 bits per heavy atom. The quantitative estimate of drug-likeness (QED) is 0.198. The van der Waals surface area contributed by atoms with Crippen molar-refractivity contribution < 1.29 is 35.7 Å². The summed E-state index contributed by atoms with van der Waals surface area (Å²) in [6.07, 6.45) is -3.69. The standard InChI is InChI=1S/C24H23F6N5O2/c1-15(25)9-10-20(36)35(11-4-2-3-8-19-33-22(21(26)27)37-34-19)18-7-5-6-16(12-18)17-13-31-23(32-14-17)24(28,29)30/h5-7,12-14,21H,1-4,8-11H2. The zero-order chi connectivity index (χ0) is 27.0.